The Morgan fingerprint density at radius 1 is 1.40 bits per heavy atom. The van der Waals surface area contributed by atoms with Crippen molar-refractivity contribution in [3.05, 3.63) is 46.7 Å². The Morgan fingerprint density at radius 3 is 2.87 bits per heavy atom. The zero-order valence-corrected chi connectivity index (χ0v) is 9.09. The van der Waals surface area contributed by atoms with E-state index in [1.54, 1.807) is 35.7 Å². The van der Waals surface area contributed by atoms with Crippen LogP contribution < -0.4 is 5.32 Å². The molecule has 1 N–H and O–H groups in total. The van der Waals surface area contributed by atoms with E-state index in [4.69, 9.17) is 0 Å². The van der Waals surface area contributed by atoms with Crippen molar-refractivity contribution in [1.82, 2.24) is 4.98 Å². The highest BCUT2D eigenvalue weighted by atomic mass is 32.1. The summed E-state index contributed by atoms with van der Waals surface area (Å²) >= 11 is 1.56. The molecular formula is C11H11FN2S. The van der Waals surface area contributed by atoms with E-state index in [-0.39, 0.29) is 11.9 Å². The van der Waals surface area contributed by atoms with Gasteiger partial charge in [0.15, 0.2) is 0 Å². The third-order valence-electron chi connectivity index (χ3n) is 2.07. The Balaban J connectivity index is 2.13. The minimum Gasteiger partial charge on any atom is -0.374 e. The van der Waals surface area contributed by atoms with Crippen LogP contribution in [0.3, 0.4) is 0 Å². The molecule has 1 aromatic heterocycles. The lowest BCUT2D eigenvalue weighted by Crippen LogP contribution is -2.07. The van der Waals surface area contributed by atoms with Crippen LogP contribution in [0.15, 0.2) is 35.8 Å². The van der Waals surface area contributed by atoms with Gasteiger partial charge in [0.25, 0.3) is 0 Å². The van der Waals surface area contributed by atoms with E-state index >= 15 is 0 Å². The summed E-state index contributed by atoms with van der Waals surface area (Å²) in [6, 6.07) is 6.67. The van der Waals surface area contributed by atoms with Gasteiger partial charge >= 0.3 is 0 Å². The summed E-state index contributed by atoms with van der Waals surface area (Å²) in [6.07, 6.45) is 1.75. The van der Waals surface area contributed by atoms with Gasteiger partial charge in [0, 0.05) is 11.6 Å². The van der Waals surface area contributed by atoms with Crippen molar-refractivity contribution in [2.24, 2.45) is 0 Å². The van der Waals surface area contributed by atoms with Gasteiger partial charge in [-0.1, -0.05) is 12.1 Å². The van der Waals surface area contributed by atoms with Gasteiger partial charge in [0.05, 0.1) is 11.7 Å². The summed E-state index contributed by atoms with van der Waals surface area (Å²) in [7, 11) is 0. The molecule has 15 heavy (non-hydrogen) atoms. The normalized spacial score (nSPS) is 12.4. The zero-order valence-electron chi connectivity index (χ0n) is 8.27. The van der Waals surface area contributed by atoms with Crippen molar-refractivity contribution in [2.75, 3.05) is 5.32 Å². The molecule has 0 bridgehead atoms. The molecule has 0 fully saturated rings. The van der Waals surface area contributed by atoms with Crippen molar-refractivity contribution in [1.29, 1.82) is 0 Å². The fraction of sp³-hybridized carbons (Fsp3) is 0.182. The summed E-state index contributed by atoms with van der Waals surface area (Å²) in [5.41, 5.74) is 0.514. The first-order chi connectivity index (χ1) is 7.27. The second kappa shape index (κ2) is 4.40. The van der Waals surface area contributed by atoms with Gasteiger partial charge in [-0.05, 0) is 19.1 Å². The largest absolute Gasteiger partial charge is 0.374 e. The molecule has 4 heteroatoms. The number of rotatable bonds is 3. The summed E-state index contributed by atoms with van der Waals surface area (Å²) < 4.78 is 13.3. The third-order valence-corrected chi connectivity index (χ3v) is 3.03. The van der Waals surface area contributed by atoms with Gasteiger partial charge in [-0.15, -0.1) is 11.3 Å². The number of anilines is 1. The average Bonchev–Trinajstić information content (AvgIpc) is 2.74. The summed E-state index contributed by atoms with van der Waals surface area (Å²) in [6.45, 7) is 1.96. The Morgan fingerprint density at radius 2 is 2.20 bits per heavy atom. The van der Waals surface area contributed by atoms with Crippen LogP contribution in [0, 0.1) is 5.82 Å². The van der Waals surface area contributed by atoms with Gasteiger partial charge in [0.1, 0.15) is 10.8 Å². The molecule has 1 atom stereocenters. The molecule has 1 heterocycles. The molecule has 78 valence electrons. The predicted molar refractivity (Wildman–Crippen MR) is 60.6 cm³/mol. The molecule has 1 aromatic carbocycles. The number of halogens is 1. The number of benzene rings is 1. The molecule has 2 nitrogen and oxygen atoms in total. The Hall–Kier alpha value is -1.42. The Bertz CT molecular complexity index is 428. The summed E-state index contributed by atoms with van der Waals surface area (Å²) in [4.78, 5) is 4.18. The lowest BCUT2D eigenvalue weighted by atomic mass is 10.2. The Kier molecular flexibility index (Phi) is 2.97. The molecule has 0 saturated carbocycles. The van der Waals surface area contributed by atoms with E-state index in [0.29, 0.717) is 5.69 Å². The number of nitrogens with one attached hydrogen (secondary N) is 1. The summed E-state index contributed by atoms with van der Waals surface area (Å²) in [5, 5.41) is 5.95. The van der Waals surface area contributed by atoms with Gasteiger partial charge < -0.3 is 5.32 Å². The zero-order chi connectivity index (χ0) is 10.7. The van der Waals surface area contributed by atoms with Crippen molar-refractivity contribution < 1.29 is 4.39 Å². The molecule has 0 amide bonds. The molecule has 0 aliphatic carbocycles. The van der Waals surface area contributed by atoms with Crippen LogP contribution >= 0.6 is 11.3 Å². The Labute approximate surface area is 91.8 Å². The first-order valence-corrected chi connectivity index (χ1v) is 5.56. The first kappa shape index (κ1) is 10.1. The molecule has 0 aliphatic rings. The maximum absolute atomic E-state index is 13.3. The van der Waals surface area contributed by atoms with Crippen molar-refractivity contribution in [3.63, 3.8) is 0 Å². The molecule has 2 aromatic rings. The number of hydrogen-bond donors (Lipinski definition) is 1. The topological polar surface area (TPSA) is 24.9 Å². The van der Waals surface area contributed by atoms with Crippen LogP contribution in [0.5, 0.6) is 0 Å². The monoisotopic (exact) mass is 222 g/mol. The number of thiazole rings is 1. The molecule has 0 saturated heterocycles. The molecule has 0 spiro atoms. The van der Waals surface area contributed by atoms with E-state index in [0.717, 1.165) is 5.01 Å². The molecular weight excluding hydrogens is 211 g/mol. The van der Waals surface area contributed by atoms with E-state index < -0.39 is 0 Å². The maximum atomic E-state index is 13.3. The predicted octanol–water partition coefficient (Wildman–Crippen LogP) is 3.46. The standard InChI is InChI=1S/C11H11FN2S/c1-8(11-13-6-7-15-11)14-10-5-3-2-4-9(10)12/h2-8,14H,1H3/t8-/m0/s1. The number of nitrogens with zero attached hydrogens (tertiary/aromatic N) is 1. The second-order valence-electron chi connectivity index (χ2n) is 3.22. The van der Waals surface area contributed by atoms with Crippen molar-refractivity contribution in [2.45, 2.75) is 13.0 Å². The van der Waals surface area contributed by atoms with Gasteiger partial charge in [-0.25, -0.2) is 9.37 Å². The quantitative estimate of drug-likeness (QED) is 0.860. The van der Waals surface area contributed by atoms with Gasteiger partial charge in [0.2, 0.25) is 0 Å². The lowest BCUT2D eigenvalue weighted by Gasteiger charge is -2.12. The molecule has 0 aliphatic heterocycles. The van der Waals surface area contributed by atoms with Crippen LogP contribution in [0.25, 0.3) is 0 Å². The number of aromatic nitrogens is 1. The highest BCUT2D eigenvalue weighted by Crippen LogP contribution is 2.22. The first-order valence-electron chi connectivity index (χ1n) is 4.68. The van der Waals surface area contributed by atoms with Crippen LogP contribution in [0.4, 0.5) is 10.1 Å². The second-order valence-corrected chi connectivity index (χ2v) is 4.14. The maximum Gasteiger partial charge on any atom is 0.146 e. The van der Waals surface area contributed by atoms with Crippen LogP contribution in [-0.4, -0.2) is 4.98 Å². The van der Waals surface area contributed by atoms with Crippen LogP contribution in [0.2, 0.25) is 0 Å². The number of para-hydroxylation sites is 1. The SMILES string of the molecule is C[C@H](Nc1ccccc1F)c1nccs1. The van der Waals surface area contributed by atoms with Crippen LogP contribution in [0.1, 0.15) is 18.0 Å². The minimum absolute atomic E-state index is 0.0295. The van der Waals surface area contributed by atoms with E-state index in [2.05, 4.69) is 10.3 Å². The van der Waals surface area contributed by atoms with Gasteiger partial charge in [-0.3, -0.25) is 0 Å². The highest BCUT2D eigenvalue weighted by Gasteiger charge is 2.09. The fourth-order valence-corrected chi connectivity index (χ4v) is 1.97. The lowest BCUT2D eigenvalue weighted by molar-refractivity contribution is 0.627. The minimum atomic E-state index is -0.235. The van der Waals surface area contributed by atoms with Gasteiger partial charge in [-0.2, -0.15) is 0 Å². The number of hydrogen-bond acceptors (Lipinski definition) is 3. The van der Waals surface area contributed by atoms with E-state index in [9.17, 15) is 4.39 Å². The van der Waals surface area contributed by atoms with E-state index in [1.807, 2.05) is 12.3 Å². The smallest absolute Gasteiger partial charge is 0.146 e. The fourth-order valence-electron chi connectivity index (χ4n) is 1.32. The summed E-state index contributed by atoms with van der Waals surface area (Å²) in [5.74, 6) is -0.235. The third kappa shape index (κ3) is 2.33. The average molecular weight is 222 g/mol. The van der Waals surface area contributed by atoms with Crippen molar-refractivity contribution in [3.8, 4) is 0 Å². The molecule has 2 rings (SSSR count). The highest BCUT2D eigenvalue weighted by molar-refractivity contribution is 7.09. The van der Waals surface area contributed by atoms with Crippen molar-refractivity contribution >= 4 is 17.0 Å². The van der Waals surface area contributed by atoms with Crippen LogP contribution in [-0.2, 0) is 0 Å². The van der Waals surface area contributed by atoms with E-state index in [1.165, 1.54) is 6.07 Å². The molecule has 0 radical (unpaired) electrons. The molecule has 0 unspecified atom stereocenters.